The van der Waals surface area contributed by atoms with Crippen LogP contribution in [-0.2, 0) is 10.2 Å². The predicted octanol–water partition coefficient (Wildman–Crippen LogP) is 3.53. The van der Waals surface area contributed by atoms with Crippen LogP contribution in [0.2, 0.25) is 5.02 Å². The number of rotatable bonds is 5. The third-order valence-corrected chi connectivity index (χ3v) is 3.20. The number of amides is 1. The molecule has 0 aliphatic carbocycles. The minimum Gasteiger partial charge on any atom is -0.355 e. The Morgan fingerprint density at radius 3 is 2.41 bits per heavy atom. The van der Waals surface area contributed by atoms with Gasteiger partial charge < -0.3 is 5.32 Å². The van der Waals surface area contributed by atoms with Crippen LogP contribution in [0.5, 0.6) is 0 Å². The fraction of sp³-hybridized carbons (Fsp3) is 0.500. The van der Waals surface area contributed by atoms with Crippen molar-refractivity contribution in [1.82, 2.24) is 5.32 Å². The van der Waals surface area contributed by atoms with E-state index in [-0.39, 0.29) is 5.91 Å². The monoisotopic (exact) mass is 253 g/mol. The lowest BCUT2D eigenvalue weighted by Gasteiger charge is -2.24. The molecule has 0 saturated carbocycles. The van der Waals surface area contributed by atoms with E-state index in [9.17, 15) is 4.79 Å². The first-order chi connectivity index (χ1) is 7.98. The molecule has 0 atom stereocenters. The molecule has 1 amide bonds. The van der Waals surface area contributed by atoms with Crippen molar-refractivity contribution in [2.45, 2.75) is 39.0 Å². The van der Waals surface area contributed by atoms with E-state index in [0.717, 1.165) is 24.9 Å². The predicted molar refractivity (Wildman–Crippen MR) is 72.4 cm³/mol. The van der Waals surface area contributed by atoms with Crippen LogP contribution in [0.3, 0.4) is 0 Å². The van der Waals surface area contributed by atoms with E-state index in [4.69, 9.17) is 11.6 Å². The van der Waals surface area contributed by atoms with Crippen molar-refractivity contribution < 1.29 is 4.79 Å². The van der Waals surface area contributed by atoms with Gasteiger partial charge >= 0.3 is 0 Å². The molecule has 0 aliphatic rings. The van der Waals surface area contributed by atoms with Gasteiger partial charge in [-0.15, -0.1) is 0 Å². The number of unbranched alkanes of at least 4 members (excludes halogenated alkanes) is 1. The van der Waals surface area contributed by atoms with Gasteiger partial charge in [0, 0.05) is 11.6 Å². The molecule has 0 fully saturated rings. The zero-order valence-electron chi connectivity index (χ0n) is 10.7. The topological polar surface area (TPSA) is 29.1 Å². The van der Waals surface area contributed by atoms with E-state index in [1.807, 2.05) is 38.1 Å². The lowest BCUT2D eigenvalue weighted by molar-refractivity contribution is -0.125. The largest absolute Gasteiger partial charge is 0.355 e. The van der Waals surface area contributed by atoms with Crippen molar-refractivity contribution in [3.05, 3.63) is 34.9 Å². The molecule has 0 spiro atoms. The van der Waals surface area contributed by atoms with Gasteiger partial charge in [0.25, 0.3) is 0 Å². The molecule has 1 rings (SSSR count). The van der Waals surface area contributed by atoms with Gasteiger partial charge in [0.2, 0.25) is 5.91 Å². The Labute approximate surface area is 108 Å². The normalized spacial score (nSPS) is 11.3. The van der Waals surface area contributed by atoms with Gasteiger partial charge in [-0.05, 0) is 38.0 Å². The van der Waals surface area contributed by atoms with Crippen molar-refractivity contribution in [2.24, 2.45) is 0 Å². The second kappa shape index (κ2) is 6.06. The van der Waals surface area contributed by atoms with Crippen LogP contribution in [-0.4, -0.2) is 12.5 Å². The minimum absolute atomic E-state index is 0.0632. The molecule has 0 aliphatic heterocycles. The van der Waals surface area contributed by atoms with Crippen LogP contribution in [0.15, 0.2) is 24.3 Å². The van der Waals surface area contributed by atoms with Crippen molar-refractivity contribution >= 4 is 17.5 Å². The molecular weight excluding hydrogens is 234 g/mol. The van der Waals surface area contributed by atoms with Crippen LogP contribution in [0.4, 0.5) is 0 Å². The van der Waals surface area contributed by atoms with Gasteiger partial charge in [0.1, 0.15) is 0 Å². The van der Waals surface area contributed by atoms with Gasteiger partial charge in [0.15, 0.2) is 0 Å². The summed E-state index contributed by atoms with van der Waals surface area (Å²) in [6.45, 7) is 6.71. The Kier molecular flexibility index (Phi) is 5.01. The summed E-state index contributed by atoms with van der Waals surface area (Å²) in [7, 11) is 0. The zero-order valence-corrected chi connectivity index (χ0v) is 11.5. The Morgan fingerprint density at radius 2 is 1.88 bits per heavy atom. The number of benzene rings is 1. The highest BCUT2D eigenvalue weighted by Gasteiger charge is 2.29. The van der Waals surface area contributed by atoms with Crippen LogP contribution in [0, 0.1) is 0 Å². The first kappa shape index (κ1) is 14.0. The molecule has 3 heteroatoms. The smallest absolute Gasteiger partial charge is 0.230 e. The van der Waals surface area contributed by atoms with Crippen LogP contribution >= 0.6 is 11.6 Å². The van der Waals surface area contributed by atoms with Crippen LogP contribution in [0.25, 0.3) is 0 Å². The van der Waals surface area contributed by atoms with Gasteiger partial charge in [-0.25, -0.2) is 0 Å². The molecule has 0 radical (unpaired) electrons. The summed E-state index contributed by atoms with van der Waals surface area (Å²) in [5.74, 6) is 0.0632. The van der Waals surface area contributed by atoms with Crippen molar-refractivity contribution in [3.8, 4) is 0 Å². The average Bonchev–Trinajstić information content (AvgIpc) is 2.29. The first-order valence-corrected chi connectivity index (χ1v) is 6.40. The third-order valence-electron chi connectivity index (χ3n) is 2.95. The highest BCUT2D eigenvalue weighted by Crippen LogP contribution is 2.24. The Hall–Kier alpha value is -1.02. The van der Waals surface area contributed by atoms with Crippen LogP contribution in [0.1, 0.15) is 39.2 Å². The number of hydrogen-bond acceptors (Lipinski definition) is 1. The average molecular weight is 254 g/mol. The maximum absolute atomic E-state index is 12.1. The molecule has 0 aromatic heterocycles. The molecule has 2 nitrogen and oxygen atoms in total. The van der Waals surface area contributed by atoms with Crippen molar-refractivity contribution in [2.75, 3.05) is 6.54 Å². The van der Waals surface area contributed by atoms with Gasteiger partial charge in [-0.1, -0.05) is 37.1 Å². The second-order valence-electron chi connectivity index (χ2n) is 4.74. The van der Waals surface area contributed by atoms with E-state index < -0.39 is 5.41 Å². The summed E-state index contributed by atoms with van der Waals surface area (Å²) < 4.78 is 0. The Balaban J connectivity index is 2.72. The molecule has 0 bridgehead atoms. The fourth-order valence-electron chi connectivity index (χ4n) is 1.60. The molecule has 0 saturated heterocycles. The number of halogens is 1. The second-order valence-corrected chi connectivity index (χ2v) is 5.18. The molecule has 0 unspecified atom stereocenters. The molecule has 0 heterocycles. The quantitative estimate of drug-likeness (QED) is 0.799. The fourth-order valence-corrected chi connectivity index (χ4v) is 1.72. The van der Waals surface area contributed by atoms with Crippen molar-refractivity contribution in [1.29, 1.82) is 0 Å². The Bertz CT molecular complexity index is 370. The van der Waals surface area contributed by atoms with E-state index in [1.54, 1.807) is 0 Å². The van der Waals surface area contributed by atoms with E-state index >= 15 is 0 Å². The van der Waals surface area contributed by atoms with Crippen molar-refractivity contribution in [3.63, 3.8) is 0 Å². The molecular formula is C14H20ClNO. The summed E-state index contributed by atoms with van der Waals surface area (Å²) in [6, 6.07) is 7.44. The summed E-state index contributed by atoms with van der Waals surface area (Å²) >= 11 is 5.84. The molecule has 1 N–H and O–H groups in total. The lowest BCUT2D eigenvalue weighted by Crippen LogP contribution is -2.40. The highest BCUT2D eigenvalue weighted by atomic mass is 35.5. The van der Waals surface area contributed by atoms with Gasteiger partial charge in [0.05, 0.1) is 5.41 Å². The highest BCUT2D eigenvalue weighted by molar-refractivity contribution is 6.30. The van der Waals surface area contributed by atoms with E-state index in [2.05, 4.69) is 12.2 Å². The summed E-state index contributed by atoms with van der Waals surface area (Å²) in [5.41, 5.74) is 0.467. The molecule has 1 aromatic rings. The van der Waals surface area contributed by atoms with E-state index in [1.165, 1.54) is 0 Å². The third kappa shape index (κ3) is 3.74. The molecule has 1 aromatic carbocycles. The molecule has 17 heavy (non-hydrogen) atoms. The van der Waals surface area contributed by atoms with E-state index in [0.29, 0.717) is 5.02 Å². The number of carbonyl (C=O) groups is 1. The lowest BCUT2D eigenvalue weighted by atomic mass is 9.84. The zero-order chi connectivity index (χ0) is 12.9. The Morgan fingerprint density at radius 1 is 1.29 bits per heavy atom. The first-order valence-electron chi connectivity index (χ1n) is 6.03. The SMILES string of the molecule is CCCCNC(=O)C(C)(C)c1ccc(Cl)cc1. The van der Waals surface area contributed by atoms with Gasteiger partial charge in [-0.2, -0.15) is 0 Å². The number of nitrogens with one attached hydrogen (secondary N) is 1. The summed E-state index contributed by atoms with van der Waals surface area (Å²) in [5, 5.41) is 3.66. The summed E-state index contributed by atoms with van der Waals surface area (Å²) in [6.07, 6.45) is 2.10. The minimum atomic E-state index is -0.516. The molecule has 94 valence electrons. The standard InChI is InChI=1S/C14H20ClNO/c1-4-5-10-16-13(17)14(2,3)11-6-8-12(15)9-7-11/h6-9H,4-5,10H2,1-3H3,(H,16,17). The maximum atomic E-state index is 12.1. The van der Waals surface area contributed by atoms with Crippen LogP contribution < -0.4 is 5.32 Å². The number of hydrogen-bond donors (Lipinski definition) is 1. The number of carbonyl (C=O) groups excluding carboxylic acids is 1. The maximum Gasteiger partial charge on any atom is 0.230 e. The van der Waals surface area contributed by atoms with Gasteiger partial charge in [-0.3, -0.25) is 4.79 Å². The summed E-state index contributed by atoms with van der Waals surface area (Å²) in [4.78, 5) is 12.1.